The van der Waals surface area contributed by atoms with Gasteiger partial charge in [-0.2, -0.15) is 8.42 Å². The van der Waals surface area contributed by atoms with Crippen molar-refractivity contribution >= 4 is 16.0 Å². The molecule has 0 radical (unpaired) electrons. The van der Waals surface area contributed by atoms with E-state index in [2.05, 4.69) is 5.32 Å². The van der Waals surface area contributed by atoms with Crippen molar-refractivity contribution < 1.29 is 17.4 Å². The summed E-state index contributed by atoms with van der Waals surface area (Å²) in [4.78, 5) is 11.3. The van der Waals surface area contributed by atoms with E-state index in [-0.39, 0.29) is 22.6 Å². The molecular weight excluding hydrogens is 338 g/mol. The van der Waals surface area contributed by atoms with Gasteiger partial charge in [0.05, 0.1) is 0 Å². The van der Waals surface area contributed by atoms with Crippen LogP contribution in [0.25, 0.3) is 0 Å². The van der Waals surface area contributed by atoms with Crippen molar-refractivity contribution in [1.82, 2.24) is 5.32 Å². The fourth-order valence-electron chi connectivity index (χ4n) is 2.43. The van der Waals surface area contributed by atoms with Crippen LogP contribution in [0, 0.1) is 6.92 Å². The van der Waals surface area contributed by atoms with E-state index in [1.54, 1.807) is 24.3 Å². The Balaban J connectivity index is 2.06. The lowest BCUT2D eigenvalue weighted by Gasteiger charge is -2.16. The summed E-state index contributed by atoms with van der Waals surface area (Å²) in [5, 5.41) is 2.89. The zero-order valence-corrected chi connectivity index (χ0v) is 15.5. The lowest BCUT2D eigenvalue weighted by atomic mass is 10.0. The quantitative estimate of drug-likeness (QED) is 0.769. The minimum absolute atomic E-state index is 0.0561. The average molecular weight is 361 g/mol. The lowest BCUT2D eigenvalue weighted by Crippen LogP contribution is -2.34. The highest BCUT2D eigenvalue weighted by atomic mass is 32.2. The molecule has 0 saturated heterocycles. The van der Waals surface area contributed by atoms with Gasteiger partial charge in [-0.3, -0.25) is 4.79 Å². The number of nitrogens with one attached hydrogen (secondary N) is 1. The number of hydrogen-bond donors (Lipinski definition) is 1. The molecule has 5 nitrogen and oxygen atoms in total. The van der Waals surface area contributed by atoms with Crippen LogP contribution in [0.5, 0.6) is 5.75 Å². The normalized spacial score (nSPS) is 12.4. The third-order valence-corrected chi connectivity index (χ3v) is 5.08. The smallest absolute Gasteiger partial charge is 0.339 e. The van der Waals surface area contributed by atoms with Crippen LogP contribution in [-0.4, -0.2) is 20.4 Å². The van der Waals surface area contributed by atoms with Gasteiger partial charge < -0.3 is 9.50 Å². The van der Waals surface area contributed by atoms with Gasteiger partial charge >= 0.3 is 10.1 Å². The lowest BCUT2D eigenvalue weighted by molar-refractivity contribution is -0.119. The van der Waals surface area contributed by atoms with Gasteiger partial charge in [-0.15, -0.1) is 0 Å². The van der Waals surface area contributed by atoms with Gasteiger partial charge in [0.1, 0.15) is 10.6 Å². The third kappa shape index (κ3) is 5.60. The van der Waals surface area contributed by atoms with Gasteiger partial charge in [0.25, 0.3) is 0 Å². The van der Waals surface area contributed by atoms with Crippen LogP contribution in [0.4, 0.5) is 0 Å². The maximum Gasteiger partial charge on any atom is 0.339 e. The van der Waals surface area contributed by atoms with Crippen molar-refractivity contribution in [2.75, 3.05) is 0 Å². The van der Waals surface area contributed by atoms with E-state index in [4.69, 9.17) is 4.18 Å². The molecule has 0 saturated carbocycles. The van der Waals surface area contributed by atoms with Crippen LogP contribution < -0.4 is 9.50 Å². The molecule has 1 amide bonds. The highest BCUT2D eigenvalue weighted by Crippen LogP contribution is 2.20. The molecule has 2 aromatic rings. The van der Waals surface area contributed by atoms with Gasteiger partial charge in [-0.1, -0.05) is 36.8 Å². The maximum atomic E-state index is 12.3. The second kappa shape index (κ2) is 8.16. The molecule has 0 bridgehead atoms. The summed E-state index contributed by atoms with van der Waals surface area (Å²) in [6.45, 7) is 5.39. The van der Waals surface area contributed by atoms with E-state index in [1.807, 2.05) is 26.0 Å². The summed E-state index contributed by atoms with van der Waals surface area (Å²) in [6, 6.07) is 13.4. The van der Waals surface area contributed by atoms with Crippen molar-refractivity contribution in [3.05, 3.63) is 59.7 Å². The van der Waals surface area contributed by atoms with E-state index in [0.717, 1.165) is 17.5 Å². The molecule has 1 unspecified atom stereocenters. The van der Waals surface area contributed by atoms with Crippen LogP contribution in [-0.2, 0) is 21.3 Å². The van der Waals surface area contributed by atoms with Gasteiger partial charge in [0.2, 0.25) is 5.91 Å². The van der Waals surface area contributed by atoms with E-state index >= 15 is 0 Å². The summed E-state index contributed by atoms with van der Waals surface area (Å²) < 4.78 is 29.7. The second-order valence-electron chi connectivity index (χ2n) is 6.00. The average Bonchev–Trinajstić information content (AvgIpc) is 2.55. The molecule has 0 aliphatic heterocycles. The van der Waals surface area contributed by atoms with Crippen LogP contribution in [0.15, 0.2) is 53.4 Å². The largest absolute Gasteiger partial charge is 0.379 e. The predicted molar refractivity (Wildman–Crippen MR) is 97.0 cm³/mol. The Morgan fingerprint density at radius 1 is 1.08 bits per heavy atom. The molecule has 1 atom stereocenters. The molecule has 0 aromatic heterocycles. The van der Waals surface area contributed by atoms with Crippen LogP contribution >= 0.6 is 0 Å². The zero-order chi connectivity index (χ0) is 18.4. The minimum Gasteiger partial charge on any atom is -0.379 e. The number of carbonyl (C=O) groups is 1. The standard InChI is InChI=1S/C19H23NO4S/c1-4-17(20-15(3)21)13-16-7-9-18(10-8-16)24-25(22,23)19-11-5-14(2)6-12-19/h5-12,17H,4,13H2,1-3H3,(H,20,21). The Morgan fingerprint density at radius 3 is 2.20 bits per heavy atom. The van der Waals surface area contributed by atoms with E-state index in [1.165, 1.54) is 19.1 Å². The molecule has 1 N–H and O–H groups in total. The molecule has 25 heavy (non-hydrogen) atoms. The van der Waals surface area contributed by atoms with Crippen LogP contribution in [0.1, 0.15) is 31.4 Å². The fourth-order valence-corrected chi connectivity index (χ4v) is 3.36. The maximum absolute atomic E-state index is 12.3. The Hall–Kier alpha value is -2.34. The summed E-state index contributed by atoms with van der Waals surface area (Å²) >= 11 is 0. The van der Waals surface area contributed by atoms with E-state index in [0.29, 0.717) is 6.42 Å². The van der Waals surface area contributed by atoms with Crippen molar-refractivity contribution in [3.8, 4) is 5.75 Å². The first-order valence-corrected chi connectivity index (χ1v) is 9.58. The predicted octanol–water partition coefficient (Wildman–Crippen LogP) is 3.22. The van der Waals surface area contributed by atoms with Gasteiger partial charge in [-0.25, -0.2) is 0 Å². The van der Waals surface area contributed by atoms with Crippen LogP contribution in [0.2, 0.25) is 0 Å². The molecule has 0 aliphatic rings. The molecule has 0 aliphatic carbocycles. The fraction of sp³-hybridized carbons (Fsp3) is 0.316. The first-order valence-electron chi connectivity index (χ1n) is 8.17. The zero-order valence-electron chi connectivity index (χ0n) is 14.7. The molecule has 0 heterocycles. The van der Waals surface area contributed by atoms with Gasteiger partial charge in [0.15, 0.2) is 0 Å². The second-order valence-corrected chi connectivity index (χ2v) is 7.55. The highest BCUT2D eigenvalue weighted by molar-refractivity contribution is 7.87. The van der Waals surface area contributed by atoms with Crippen molar-refractivity contribution in [3.63, 3.8) is 0 Å². The topological polar surface area (TPSA) is 72.5 Å². The number of aryl methyl sites for hydroxylation is 1. The first-order chi connectivity index (χ1) is 11.8. The monoisotopic (exact) mass is 361 g/mol. The Morgan fingerprint density at radius 2 is 1.68 bits per heavy atom. The Bertz CT molecular complexity index is 812. The van der Waals surface area contributed by atoms with E-state index < -0.39 is 10.1 Å². The number of benzene rings is 2. The van der Waals surface area contributed by atoms with Crippen molar-refractivity contribution in [1.29, 1.82) is 0 Å². The number of amides is 1. The van der Waals surface area contributed by atoms with Gasteiger partial charge in [-0.05, 0) is 49.6 Å². The Labute approximate surface area is 149 Å². The molecule has 134 valence electrons. The first kappa shape index (κ1) is 19.0. The minimum atomic E-state index is -3.84. The molecule has 2 aromatic carbocycles. The molecule has 0 spiro atoms. The molecule has 2 rings (SSSR count). The third-order valence-electron chi connectivity index (χ3n) is 3.82. The summed E-state index contributed by atoms with van der Waals surface area (Å²) in [6.07, 6.45) is 1.50. The molecular formula is C19H23NO4S. The summed E-state index contributed by atoms with van der Waals surface area (Å²) in [5.41, 5.74) is 1.98. The SMILES string of the molecule is CCC(Cc1ccc(OS(=O)(=O)c2ccc(C)cc2)cc1)NC(C)=O. The summed E-state index contributed by atoms with van der Waals surface area (Å²) in [7, 11) is -3.84. The summed E-state index contributed by atoms with van der Waals surface area (Å²) in [5.74, 6) is 0.202. The number of carbonyl (C=O) groups excluding carboxylic acids is 1. The number of rotatable bonds is 7. The van der Waals surface area contributed by atoms with Crippen molar-refractivity contribution in [2.24, 2.45) is 0 Å². The van der Waals surface area contributed by atoms with Crippen LogP contribution in [0.3, 0.4) is 0 Å². The van der Waals surface area contributed by atoms with E-state index in [9.17, 15) is 13.2 Å². The molecule has 6 heteroatoms. The van der Waals surface area contributed by atoms with Gasteiger partial charge in [0, 0.05) is 13.0 Å². The number of hydrogen-bond acceptors (Lipinski definition) is 4. The van der Waals surface area contributed by atoms with Crippen molar-refractivity contribution in [2.45, 2.75) is 44.6 Å². The Kier molecular flexibility index (Phi) is 6.20. The highest BCUT2D eigenvalue weighted by Gasteiger charge is 2.16. The molecule has 0 fully saturated rings.